The van der Waals surface area contributed by atoms with Gasteiger partial charge in [-0.15, -0.1) is 0 Å². The number of phenols is 2. The molecule has 1 saturated heterocycles. The number of likely N-dealkylation sites (tertiary alicyclic amines) is 1. The number of hydrogen-bond donors (Lipinski definition) is 2. The van der Waals surface area contributed by atoms with Gasteiger partial charge in [0.25, 0.3) is 0 Å². The van der Waals surface area contributed by atoms with E-state index in [0.717, 1.165) is 64.2 Å². The van der Waals surface area contributed by atoms with E-state index < -0.39 is 5.82 Å². The molecule has 0 radical (unpaired) electrons. The van der Waals surface area contributed by atoms with E-state index in [4.69, 9.17) is 4.74 Å². The van der Waals surface area contributed by atoms with E-state index in [1.807, 2.05) is 43.3 Å². The summed E-state index contributed by atoms with van der Waals surface area (Å²) in [7, 11) is 0. The van der Waals surface area contributed by atoms with E-state index in [0.29, 0.717) is 18.7 Å². The van der Waals surface area contributed by atoms with Gasteiger partial charge in [0.05, 0.1) is 5.69 Å². The van der Waals surface area contributed by atoms with Crippen molar-refractivity contribution >= 4 is 10.9 Å². The van der Waals surface area contributed by atoms with Crippen LogP contribution in [-0.4, -0.2) is 45.9 Å². The minimum atomic E-state index is -0.653. The molecule has 41 heavy (non-hydrogen) atoms. The highest BCUT2D eigenvalue weighted by atomic mass is 19.1. The standard InChI is InChI=1S/C35H35FN2O3/c1-24-30-21-26(29-7-3-4-8-33(29)39)11-15-32(30)38(35(24)27-12-16-34(40)31(36)22-27)23-25-9-13-28(14-10-25)41-20-19-37-17-5-2-6-18-37/h3-4,7-16,21-22,39-40H,2,5-6,17-20,23H2,1H3. The van der Waals surface area contributed by atoms with Gasteiger partial charge in [-0.2, -0.15) is 0 Å². The van der Waals surface area contributed by atoms with Gasteiger partial charge in [-0.25, -0.2) is 4.39 Å². The fourth-order valence-corrected chi connectivity index (χ4v) is 5.95. The molecule has 4 aromatic carbocycles. The Morgan fingerprint density at radius 2 is 1.56 bits per heavy atom. The van der Waals surface area contributed by atoms with Crippen molar-refractivity contribution in [2.75, 3.05) is 26.2 Å². The van der Waals surface area contributed by atoms with Crippen molar-refractivity contribution in [1.82, 2.24) is 9.47 Å². The average Bonchev–Trinajstić information content (AvgIpc) is 3.26. The summed E-state index contributed by atoms with van der Waals surface area (Å²) in [6.07, 6.45) is 3.88. The van der Waals surface area contributed by atoms with E-state index in [9.17, 15) is 14.6 Å². The van der Waals surface area contributed by atoms with E-state index in [2.05, 4.69) is 33.7 Å². The van der Waals surface area contributed by atoms with Gasteiger partial charge in [-0.1, -0.05) is 42.8 Å². The fraction of sp³-hybridized carbons (Fsp3) is 0.257. The summed E-state index contributed by atoms with van der Waals surface area (Å²) in [6, 6.07) is 26.2. The zero-order chi connectivity index (χ0) is 28.3. The number of aromatic nitrogens is 1. The largest absolute Gasteiger partial charge is 0.507 e. The van der Waals surface area contributed by atoms with Crippen LogP contribution in [0.4, 0.5) is 4.39 Å². The monoisotopic (exact) mass is 550 g/mol. The van der Waals surface area contributed by atoms with E-state index in [-0.39, 0.29) is 11.5 Å². The highest BCUT2D eigenvalue weighted by molar-refractivity contribution is 5.95. The molecule has 210 valence electrons. The predicted molar refractivity (Wildman–Crippen MR) is 162 cm³/mol. The number of rotatable bonds is 8. The molecule has 0 bridgehead atoms. The number of phenolic OH excluding ortho intramolecular Hbond substituents is 2. The van der Waals surface area contributed by atoms with Crippen LogP contribution in [0.15, 0.2) is 84.9 Å². The SMILES string of the molecule is Cc1c(-c2ccc(O)c(F)c2)n(Cc2ccc(OCCN3CCCCC3)cc2)c2ccc(-c3ccccc3O)cc12. The summed E-state index contributed by atoms with van der Waals surface area (Å²) in [5, 5.41) is 21.3. The molecular formula is C35H35FN2O3. The van der Waals surface area contributed by atoms with Crippen molar-refractivity contribution in [3.63, 3.8) is 0 Å². The maximum absolute atomic E-state index is 14.5. The van der Waals surface area contributed by atoms with Gasteiger partial charge < -0.3 is 19.5 Å². The number of halogens is 1. The first kappa shape index (κ1) is 26.9. The Kier molecular flexibility index (Phi) is 7.66. The first-order chi connectivity index (χ1) is 20.0. The molecule has 0 saturated carbocycles. The number of hydrogen-bond acceptors (Lipinski definition) is 4. The van der Waals surface area contributed by atoms with Gasteiger partial charge in [0.1, 0.15) is 18.1 Å². The Labute approximate surface area is 240 Å². The summed E-state index contributed by atoms with van der Waals surface area (Å²) in [4.78, 5) is 2.47. The van der Waals surface area contributed by atoms with Gasteiger partial charge in [0.2, 0.25) is 0 Å². The first-order valence-corrected chi connectivity index (χ1v) is 14.3. The second-order valence-corrected chi connectivity index (χ2v) is 10.9. The minimum Gasteiger partial charge on any atom is -0.507 e. The molecule has 0 atom stereocenters. The molecule has 2 heterocycles. The molecule has 1 fully saturated rings. The van der Waals surface area contributed by atoms with Crippen LogP contribution in [0.2, 0.25) is 0 Å². The summed E-state index contributed by atoms with van der Waals surface area (Å²) < 4.78 is 22.7. The molecule has 6 rings (SSSR count). The van der Waals surface area contributed by atoms with E-state index in [1.165, 1.54) is 31.4 Å². The van der Waals surface area contributed by atoms with Crippen molar-refractivity contribution in [2.24, 2.45) is 0 Å². The Morgan fingerprint density at radius 3 is 2.32 bits per heavy atom. The van der Waals surface area contributed by atoms with Gasteiger partial charge in [0.15, 0.2) is 11.6 Å². The highest BCUT2D eigenvalue weighted by Gasteiger charge is 2.19. The van der Waals surface area contributed by atoms with Crippen molar-refractivity contribution in [3.05, 3.63) is 102 Å². The van der Waals surface area contributed by atoms with Crippen LogP contribution in [0.1, 0.15) is 30.4 Å². The molecule has 0 spiro atoms. The lowest BCUT2D eigenvalue weighted by Crippen LogP contribution is -2.33. The molecule has 6 heteroatoms. The second-order valence-electron chi connectivity index (χ2n) is 10.9. The van der Waals surface area contributed by atoms with E-state index in [1.54, 1.807) is 12.1 Å². The molecule has 5 aromatic rings. The Bertz CT molecular complexity index is 1670. The molecule has 2 N–H and O–H groups in total. The molecule has 5 nitrogen and oxygen atoms in total. The summed E-state index contributed by atoms with van der Waals surface area (Å²) in [6.45, 7) is 6.56. The van der Waals surface area contributed by atoms with Gasteiger partial charge in [-0.3, -0.25) is 4.90 Å². The van der Waals surface area contributed by atoms with Crippen LogP contribution in [-0.2, 0) is 6.54 Å². The van der Waals surface area contributed by atoms with E-state index >= 15 is 0 Å². The molecule has 0 aliphatic carbocycles. The quantitative estimate of drug-likeness (QED) is 0.207. The zero-order valence-electron chi connectivity index (χ0n) is 23.3. The third-order valence-electron chi connectivity index (χ3n) is 8.14. The Hall–Kier alpha value is -4.29. The van der Waals surface area contributed by atoms with Crippen LogP contribution in [0.5, 0.6) is 17.2 Å². The molecule has 1 aliphatic rings. The van der Waals surface area contributed by atoms with Crippen molar-refractivity contribution in [3.8, 4) is 39.6 Å². The molecule has 1 aliphatic heterocycles. The van der Waals surface area contributed by atoms with Gasteiger partial charge in [0, 0.05) is 35.1 Å². The number of aromatic hydroxyl groups is 2. The zero-order valence-corrected chi connectivity index (χ0v) is 23.3. The average molecular weight is 551 g/mol. The first-order valence-electron chi connectivity index (χ1n) is 14.3. The lowest BCUT2D eigenvalue weighted by atomic mass is 10.0. The van der Waals surface area contributed by atoms with Crippen LogP contribution in [0, 0.1) is 12.7 Å². The molecule has 1 aromatic heterocycles. The maximum Gasteiger partial charge on any atom is 0.165 e. The number of ether oxygens (including phenoxy) is 1. The van der Waals surface area contributed by atoms with Crippen LogP contribution in [0.25, 0.3) is 33.3 Å². The third-order valence-corrected chi connectivity index (χ3v) is 8.14. The Morgan fingerprint density at radius 1 is 0.805 bits per heavy atom. The lowest BCUT2D eigenvalue weighted by Gasteiger charge is -2.26. The number of fused-ring (bicyclic) bond motifs is 1. The van der Waals surface area contributed by atoms with Crippen LogP contribution in [0.3, 0.4) is 0 Å². The Balaban J connectivity index is 1.32. The fourth-order valence-electron chi connectivity index (χ4n) is 5.95. The van der Waals surface area contributed by atoms with Crippen molar-refractivity contribution < 1.29 is 19.3 Å². The van der Waals surface area contributed by atoms with Gasteiger partial charge in [-0.05, 0) is 98.1 Å². The van der Waals surface area contributed by atoms with Crippen LogP contribution < -0.4 is 4.74 Å². The molecular weight excluding hydrogens is 515 g/mol. The number of para-hydroxylation sites is 1. The molecule has 0 unspecified atom stereocenters. The molecule has 0 amide bonds. The second kappa shape index (κ2) is 11.7. The van der Waals surface area contributed by atoms with Crippen molar-refractivity contribution in [1.29, 1.82) is 0 Å². The topological polar surface area (TPSA) is 57.9 Å². The third kappa shape index (κ3) is 5.66. The summed E-state index contributed by atoms with van der Waals surface area (Å²) in [5.41, 5.74) is 6.34. The number of nitrogens with zero attached hydrogens (tertiary/aromatic N) is 2. The van der Waals surface area contributed by atoms with Gasteiger partial charge >= 0.3 is 0 Å². The smallest absolute Gasteiger partial charge is 0.165 e. The summed E-state index contributed by atoms with van der Waals surface area (Å²) in [5.74, 6) is 0.0573. The highest BCUT2D eigenvalue weighted by Crippen LogP contribution is 2.38. The predicted octanol–water partition coefficient (Wildman–Crippen LogP) is 7.75. The van der Waals surface area contributed by atoms with Crippen LogP contribution >= 0.6 is 0 Å². The number of benzene rings is 4. The lowest BCUT2D eigenvalue weighted by molar-refractivity contribution is 0.183. The minimum absolute atomic E-state index is 0.225. The van der Waals surface area contributed by atoms with Crippen molar-refractivity contribution in [2.45, 2.75) is 32.7 Å². The maximum atomic E-state index is 14.5. The summed E-state index contributed by atoms with van der Waals surface area (Å²) >= 11 is 0. The number of aryl methyl sites for hydroxylation is 1. The normalized spacial score (nSPS) is 14.0. The number of piperidine rings is 1.